The van der Waals surface area contributed by atoms with Crippen LogP contribution in [0.5, 0.6) is 0 Å². The van der Waals surface area contributed by atoms with Gasteiger partial charge in [-0.15, -0.1) is 0 Å². The summed E-state index contributed by atoms with van der Waals surface area (Å²) in [6.45, 7) is 4.81. The number of nitrogens with zero attached hydrogens (tertiary/aromatic N) is 3. The van der Waals surface area contributed by atoms with Gasteiger partial charge in [-0.1, -0.05) is 0 Å². The summed E-state index contributed by atoms with van der Waals surface area (Å²) < 4.78 is 0. The Balaban J connectivity index is 2.20. The minimum atomic E-state index is 0.706. The Bertz CT molecular complexity index is 514. The zero-order valence-electron chi connectivity index (χ0n) is 11.6. The third-order valence-electron chi connectivity index (χ3n) is 3.21. The molecule has 2 rings (SSSR count). The summed E-state index contributed by atoms with van der Waals surface area (Å²) >= 11 is 0. The summed E-state index contributed by atoms with van der Waals surface area (Å²) in [7, 11) is 0. The number of hydrogen-bond acceptors (Lipinski definition) is 4. The molecule has 2 aromatic rings. The first-order chi connectivity index (χ1) is 9.20. The van der Waals surface area contributed by atoms with Gasteiger partial charge in [0.05, 0.1) is 0 Å². The second-order valence-corrected chi connectivity index (χ2v) is 4.71. The van der Waals surface area contributed by atoms with E-state index in [0.29, 0.717) is 6.54 Å². The van der Waals surface area contributed by atoms with Crippen molar-refractivity contribution in [3.05, 3.63) is 52.9 Å². The van der Waals surface area contributed by atoms with Crippen molar-refractivity contribution < 1.29 is 0 Å². The minimum absolute atomic E-state index is 0.706. The Morgan fingerprint density at radius 2 is 1.68 bits per heavy atom. The second kappa shape index (κ2) is 6.38. The van der Waals surface area contributed by atoms with Gasteiger partial charge in [0.2, 0.25) is 0 Å². The number of nitrogens with two attached hydrogens (primary N) is 1. The maximum Gasteiger partial charge on any atom is 0.133 e. The van der Waals surface area contributed by atoms with Gasteiger partial charge >= 0.3 is 0 Å². The fraction of sp³-hybridized carbons (Fsp3) is 0.400. The molecule has 0 saturated heterocycles. The normalized spacial score (nSPS) is 10.7. The number of aromatic nitrogens is 3. The van der Waals surface area contributed by atoms with Crippen LogP contribution in [0.15, 0.2) is 24.5 Å². The Labute approximate surface area is 114 Å². The SMILES string of the molecule is Cc1nc(Cc2ccncc2)nc(C)c1CCCN. The van der Waals surface area contributed by atoms with Crippen molar-refractivity contribution in [2.24, 2.45) is 5.73 Å². The van der Waals surface area contributed by atoms with Gasteiger partial charge in [-0.05, 0) is 56.5 Å². The second-order valence-electron chi connectivity index (χ2n) is 4.71. The first-order valence-electron chi connectivity index (χ1n) is 6.62. The summed E-state index contributed by atoms with van der Waals surface area (Å²) in [6.07, 6.45) is 6.29. The van der Waals surface area contributed by atoms with Crippen LogP contribution in [0.4, 0.5) is 0 Å². The number of pyridine rings is 1. The van der Waals surface area contributed by atoms with E-state index < -0.39 is 0 Å². The molecule has 0 atom stereocenters. The van der Waals surface area contributed by atoms with Crippen LogP contribution >= 0.6 is 0 Å². The van der Waals surface area contributed by atoms with Gasteiger partial charge < -0.3 is 5.73 Å². The average molecular weight is 256 g/mol. The first kappa shape index (κ1) is 13.6. The molecule has 19 heavy (non-hydrogen) atoms. The molecule has 2 N–H and O–H groups in total. The van der Waals surface area contributed by atoms with Crippen LogP contribution in [0, 0.1) is 13.8 Å². The van der Waals surface area contributed by atoms with E-state index in [0.717, 1.165) is 36.5 Å². The quantitative estimate of drug-likeness (QED) is 0.888. The maximum absolute atomic E-state index is 5.56. The predicted octanol–water partition coefficient (Wildman–Crippen LogP) is 1.97. The third kappa shape index (κ3) is 3.58. The molecule has 4 nitrogen and oxygen atoms in total. The lowest BCUT2D eigenvalue weighted by Gasteiger charge is -2.10. The highest BCUT2D eigenvalue weighted by Crippen LogP contribution is 2.14. The molecular formula is C15H20N4. The number of aryl methyl sites for hydroxylation is 2. The van der Waals surface area contributed by atoms with Gasteiger partial charge in [0, 0.05) is 30.2 Å². The van der Waals surface area contributed by atoms with Crippen molar-refractivity contribution in [3.8, 4) is 0 Å². The lowest BCUT2D eigenvalue weighted by Crippen LogP contribution is -2.08. The van der Waals surface area contributed by atoms with Crippen molar-refractivity contribution in [3.63, 3.8) is 0 Å². The van der Waals surface area contributed by atoms with Crippen molar-refractivity contribution in [2.45, 2.75) is 33.1 Å². The zero-order valence-corrected chi connectivity index (χ0v) is 11.6. The molecule has 0 aliphatic rings. The van der Waals surface area contributed by atoms with Gasteiger partial charge in [0.1, 0.15) is 5.82 Å². The lowest BCUT2D eigenvalue weighted by atomic mass is 10.1. The number of hydrogen-bond donors (Lipinski definition) is 1. The Morgan fingerprint density at radius 1 is 1.05 bits per heavy atom. The van der Waals surface area contributed by atoms with Crippen LogP contribution in [0.25, 0.3) is 0 Å². The van der Waals surface area contributed by atoms with Gasteiger partial charge in [-0.25, -0.2) is 9.97 Å². The molecule has 0 unspecified atom stereocenters. The van der Waals surface area contributed by atoms with E-state index in [1.54, 1.807) is 12.4 Å². The fourth-order valence-corrected chi connectivity index (χ4v) is 2.21. The van der Waals surface area contributed by atoms with Gasteiger partial charge in [-0.3, -0.25) is 4.98 Å². The maximum atomic E-state index is 5.56. The van der Waals surface area contributed by atoms with E-state index in [9.17, 15) is 0 Å². The molecule has 2 heterocycles. The molecule has 2 aromatic heterocycles. The van der Waals surface area contributed by atoms with Crippen molar-refractivity contribution in [1.82, 2.24) is 15.0 Å². The highest BCUT2D eigenvalue weighted by atomic mass is 14.9. The fourth-order valence-electron chi connectivity index (χ4n) is 2.21. The Hall–Kier alpha value is -1.81. The van der Waals surface area contributed by atoms with Crippen LogP contribution in [0.3, 0.4) is 0 Å². The van der Waals surface area contributed by atoms with E-state index in [1.807, 2.05) is 12.1 Å². The molecule has 100 valence electrons. The summed E-state index contributed by atoms with van der Waals surface area (Å²) in [5, 5.41) is 0. The monoisotopic (exact) mass is 256 g/mol. The summed E-state index contributed by atoms with van der Waals surface area (Å²) in [5.41, 5.74) is 10.1. The Kier molecular flexibility index (Phi) is 4.58. The topological polar surface area (TPSA) is 64.7 Å². The predicted molar refractivity (Wildman–Crippen MR) is 75.9 cm³/mol. The van der Waals surface area contributed by atoms with E-state index in [1.165, 1.54) is 11.1 Å². The van der Waals surface area contributed by atoms with Crippen molar-refractivity contribution in [1.29, 1.82) is 0 Å². The molecule has 0 spiro atoms. The van der Waals surface area contributed by atoms with E-state index in [2.05, 4.69) is 28.8 Å². The summed E-state index contributed by atoms with van der Waals surface area (Å²) in [5.74, 6) is 0.873. The van der Waals surface area contributed by atoms with Crippen molar-refractivity contribution >= 4 is 0 Å². The molecule has 0 radical (unpaired) electrons. The Morgan fingerprint density at radius 3 is 2.26 bits per heavy atom. The highest BCUT2D eigenvalue weighted by molar-refractivity contribution is 5.26. The van der Waals surface area contributed by atoms with E-state index >= 15 is 0 Å². The molecule has 0 aliphatic heterocycles. The van der Waals surface area contributed by atoms with Gasteiger partial charge in [-0.2, -0.15) is 0 Å². The largest absolute Gasteiger partial charge is 0.330 e. The van der Waals surface area contributed by atoms with E-state index in [4.69, 9.17) is 5.73 Å². The first-order valence-corrected chi connectivity index (χ1v) is 6.62. The lowest BCUT2D eigenvalue weighted by molar-refractivity contribution is 0.791. The smallest absolute Gasteiger partial charge is 0.133 e. The molecule has 0 saturated carbocycles. The van der Waals surface area contributed by atoms with Crippen LogP contribution in [-0.4, -0.2) is 21.5 Å². The van der Waals surface area contributed by atoms with Gasteiger partial charge in [0.15, 0.2) is 0 Å². The summed E-state index contributed by atoms with van der Waals surface area (Å²) in [4.78, 5) is 13.2. The molecular weight excluding hydrogens is 236 g/mol. The molecule has 0 aliphatic carbocycles. The zero-order chi connectivity index (χ0) is 13.7. The van der Waals surface area contributed by atoms with E-state index in [-0.39, 0.29) is 0 Å². The molecule has 0 aromatic carbocycles. The molecule has 0 bridgehead atoms. The highest BCUT2D eigenvalue weighted by Gasteiger charge is 2.08. The number of rotatable bonds is 5. The summed E-state index contributed by atoms with van der Waals surface area (Å²) in [6, 6.07) is 3.99. The van der Waals surface area contributed by atoms with Crippen molar-refractivity contribution in [2.75, 3.05) is 6.54 Å². The minimum Gasteiger partial charge on any atom is -0.330 e. The third-order valence-corrected chi connectivity index (χ3v) is 3.21. The van der Waals surface area contributed by atoms with Crippen LogP contribution < -0.4 is 5.73 Å². The van der Waals surface area contributed by atoms with Crippen LogP contribution in [0.2, 0.25) is 0 Å². The average Bonchev–Trinajstić information content (AvgIpc) is 2.39. The van der Waals surface area contributed by atoms with Crippen LogP contribution in [-0.2, 0) is 12.8 Å². The molecule has 0 amide bonds. The standard InChI is InChI=1S/C15H20N4/c1-11-14(4-3-7-16)12(2)19-15(18-11)10-13-5-8-17-9-6-13/h5-6,8-9H,3-4,7,10,16H2,1-2H3. The molecule has 0 fully saturated rings. The van der Waals surface area contributed by atoms with Gasteiger partial charge in [0.25, 0.3) is 0 Å². The molecule has 4 heteroatoms. The van der Waals surface area contributed by atoms with Crippen LogP contribution in [0.1, 0.15) is 34.8 Å².